The van der Waals surface area contributed by atoms with Gasteiger partial charge in [0, 0.05) is 25.6 Å². The van der Waals surface area contributed by atoms with Crippen LogP contribution in [-0.4, -0.2) is 72.6 Å². The van der Waals surface area contributed by atoms with Gasteiger partial charge in [-0.2, -0.15) is 8.42 Å². The molecular weight excluding hydrogens is 592 g/mol. The number of carbonyl (C=O) groups excluding carboxylic acids is 4. The number of nitrogen functional groups attached to an aromatic ring is 1. The number of Topliss-reactive ketones (excluding diaryl/α,β-unsaturated/α-hetero) is 1. The SMILES string of the molecule is CCCCCCCOC(=O)C(C)(C)COS(=O)(=O)N1C(=O)[C@@H](CC(=O)/C(=N/OC(C)(C)OC=O)c2csc(N)n2)[C@@H]1C. The highest BCUT2D eigenvalue weighted by Crippen LogP contribution is 2.34. The van der Waals surface area contributed by atoms with Crippen molar-refractivity contribution in [1.29, 1.82) is 0 Å². The molecule has 1 aromatic heterocycles. The van der Waals surface area contributed by atoms with Gasteiger partial charge >= 0.3 is 16.3 Å². The van der Waals surface area contributed by atoms with Crippen molar-refractivity contribution < 1.29 is 46.1 Å². The highest BCUT2D eigenvalue weighted by atomic mass is 32.2. The Balaban J connectivity index is 2.02. The molecular formula is C26H40N4O10S2. The number of β-lactam (4-membered cyclic amide) rings is 1. The maximum absolute atomic E-state index is 13.2. The molecule has 1 fully saturated rings. The van der Waals surface area contributed by atoms with E-state index in [0.29, 0.717) is 10.7 Å². The number of ether oxygens (including phenoxy) is 2. The topological polar surface area (TPSA) is 194 Å². The van der Waals surface area contributed by atoms with E-state index in [1.807, 2.05) is 0 Å². The first kappa shape index (κ1) is 35.1. The highest BCUT2D eigenvalue weighted by Gasteiger charge is 2.53. The number of thiazole rings is 1. The summed E-state index contributed by atoms with van der Waals surface area (Å²) < 4.78 is 41.4. The molecule has 0 aliphatic carbocycles. The zero-order chi connectivity index (χ0) is 31.7. The van der Waals surface area contributed by atoms with E-state index in [9.17, 15) is 27.6 Å². The van der Waals surface area contributed by atoms with Gasteiger partial charge in [0.2, 0.25) is 5.91 Å². The lowest BCUT2D eigenvalue weighted by Crippen LogP contribution is -2.62. The second kappa shape index (κ2) is 14.9. The molecule has 2 heterocycles. The van der Waals surface area contributed by atoms with E-state index in [1.165, 1.54) is 40.0 Å². The van der Waals surface area contributed by atoms with E-state index >= 15 is 0 Å². The molecule has 0 saturated carbocycles. The molecule has 1 aromatic rings. The van der Waals surface area contributed by atoms with Crippen LogP contribution in [0.25, 0.3) is 0 Å². The Labute approximate surface area is 250 Å². The molecule has 1 amide bonds. The van der Waals surface area contributed by atoms with Crippen molar-refractivity contribution in [2.24, 2.45) is 16.5 Å². The molecule has 0 aromatic carbocycles. The number of ketones is 1. The van der Waals surface area contributed by atoms with Crippen LogP contribution in [-0.2, 0) is 48.0 Å². The Hall–Kier alpha value is -3.11. The molecule has 1 saturated heterocycles. The lowest BCUT2D eigenvalue weighted by molar-refractivity contribution is -0.203. The van der Waals surface area contributed by atoms with E-state index in [1.54, 1.807) is 0 Å². The predicted molar refractivity (Wildman–Crippen MR) is 153 cm³/mol. The Morgan fingerprint density at radius 2 is 1.86 bits per heavy atom. The van der Waals surface area contributed by atoms with Crippen molar-refractivity contribution in [2.75, 3.05) is 18.9 Å². The number of carbonyl (C=O) groups is 4. The fourth-order valence-corrected chi connectivity index (χ4v) is 5.87. The first-order chi connectivity index (χ1) is 19.6. The number of hydrogen-bond donors (Lipinski definition) is 1. The van der Waals surface area contributed by atoms with Crippen LogP contribution in [0.1, 0.15) is 85.8 Å². The lowest BCUT2D eigenvalue weighted by atomic mass is 9.86. The van der Waals surface area contributed by atoms with Crippen LogP contribution in [0.4, 0.5) is 5.13 Å². The quantitative estimate of drug-likeness (QED) is 0.0446. The lowest BCUT2D eigenvalue weighted by Gasteiger charge is -2.43. The minimum absolute atomic E-state index is 0.0757. The van der Waals surface area contributed by atoms with Gasteiger partial charge in [-0.05, 0) is 27.2 Å². The third-order valence-corrected chi connectivity index (χ3v) is 8.54. The van der Waals surface area contributed by atoms with E-state index in [2.05, 4.69) is 17.1 Å². The number of nitrogens with two attached hydrogens (primary N) is 1. The van der Waals surface area contributed by atoms with Crippen LogP contribution in [0.2, 0.25) is 0 Å². The van der Waals surface area contributed by atoms with Crippen molar-refractivity contribution in [3.8, 4) is 0 Å². The van der Waals surface area contributed by atoms with Crippen LogP contribution in [0.3, 0.4) is 0 Å². The normalized spacial score (nSPS) is 17.9. The summed E-state index contributed by atoms with van der Waals surface area (Å²) >= 11 is 1.04. The smallest absolute Gasteiger partial charge is 0.364 e. The molecule has 236 valence electrons. The molecule has 0 radical (unpaired) electrons. The van der Waals surface area contributed by atoms with Crippen molar-refractivity contribution in [1.82, 2.24) is 9.29 Å². The molecule has 16 heteroatoms. The van der Waals surface area contributed by atoms with Gasteiger partial charge in [0.15, 0.2) is 16.6 Å². The van der Waals surface area contributed by atoms with Crippen LogP contribution in [0.15, 0.2) is 10.5 Å². The van der Waals surface area contributed by atoms with Gasteiger partial charge in [0.1, 0.15) is 5.69 Å². The first-order valence-electron chi connectivity index (χ1n) is 13.6. The Morgan fingerprint density at radius 1 is 1.19 bits per heavy atom. The average Bonchev–Trinajstić information content (AvgIpc) is 3.33. The Morgan fingerprint density at radius 3 is 2.43 bits per heavy atom. The molecule has 1 aliphatic heterocycles. The maximum Gasteiger partial charge on any atom is 0.364 e. The van der Waals surface area contributed by atoms with Gasteiger partial charge in [-0.1, -0.05) is 37.8 Å². The van der Waals surface area contributed by atoms with E-state index in [-0.39, 0.29) is 29.6 Å². The van der Waals surface area contributed by atoms with Crippen LogP contribution in [0, 0.1) is 11.3 Å². The molecule has 14 nitrogen and oxygen atoms in total. The number of nitrogens with zero attached hydrogens (tertiary/aromatic N) is 3. The summed E-state index contributed by atoms with van der Waals surface area (Å²) in [6, 6.07) is -0.929. The van der Waals surface area contributed by atoms with Gasteiger partial charge < -0.3 is 20.0 Å². The van der Waals surface area contributed by atoms with Crippen molar-refractivity contribution >= 4 is 56.6 Å². The standard InChI is InChI=1S/C26H40N4O10S2/c1-7-8-9-10-11-12-37-23(34)25(3,4)15-39-42(35,36)30-17(2)18(22(30)33)13-20(32)21(19-14-41-24(27)28-19)29-40-26(5,6)38-16-31/h14,16-18H,7-13,15H2,1-6H3,(H2,27,28)/b29-21+/t17-,18-/m0/s1. The number of unbranched alkanes of at least 4 members (excludes halogenated alkanes) is 4. The molecule has 0 spiro atoms. The number of aromatic nitrogens is 1. The van der Waals surface area contributed by atoms with E-state index < -0.39 is 64.2 Å². The van der Waals surface area contributed by atoms with Crippen LogP contribution < -0.4 is 5.73 Å². The molecule has 2 N–H and O–H groups in total. The number of esters is 1. The van der Waals surface area contributed by atoms with Crippen molar-refractivity contribution in [3.63, 3.8) is 0 Å². The minimum atomic E-state index is -4.56. The first-order valence-corrected chi connectivity index (χ1v) is 15.8. The molecule has 0 unspecified atom stereocenters. The van der Waals surface area contributed by atoms with E-state index in [0.717, 1.165) is 37.0 Å². The summed E-state index contributed by atoms with van der Waals surface area (Å²) in [4.78, 5) is 58.5. The maximum atomic E-state index is 13.2. The fourth-order valence-electron chi connectivity index (χ4n) is 3.85. The van der Waals surface area contributed by atoms with Crippen LogP contribution >= 0.6 is 11.3 Å². The molecule has 42 heavy (non-hydrogen) atoms. The third kappa shape index (κ3) is 9.46. The highest BCUT2D eigenvalue weighted by molar-refractivity contribution is 7.85. The molecule has 1 aliphatic rings. The summed E-state index contributed by atoms with van der Waals surface area (Å²) in [6.45, 7) is 9.14. The monoisotopic (exact) mass is 632 g/mol. The summed E-state index contributed by atoms with van der Waals surface area (Å²) in [5.41, 5.74) is 4.18. The second-order valence-electron chi connectivity index (χ2n) is 11.0. The van der Waals surface area contributed by atoms with Crippen LogP contribution in [0.5, 0.6) is 0 Å². The van der Waals surface area contributed by atoms with Gasteiger partial charge in [-0.25, -0.2) is 9.29 Å². The van der Waals surface area contributed by atoms with Gasteiger partial charge in [0.05, 0.1) is 30.6 Å². The largest absolute Gasteiger partial charge is 0.465 e. The molecule has 0 bridgehead atoms. The zero-order valence-corrected chi connectivity index (χ0v) is 26.4. The van der Waals surface area contributed by atoms with Crippen molar-refractivity contribution in [3.05, 3.63) is 11.1 Å². The Kier molecular flexibility index (Phi) is 12.4. The minimum Gasteiger partial charge on any atom is -0.465 e. The molecule has 2 atom stereocenters. The average molecular weight is 633 g/mol. The number of anilines is 1. The number of amides is 1. The summed E-state index contributed by atoms with van der Waals surface area (Å²) in [7, 11) is -4.56. The van der Waals surface area contributed by atoms with E-state index in [4.69, 9.17) is 24.2 Å². The number of rotatable bonds is 19. The second-order valence-corrected chi connectivity index (χ2v) is 13.4. The number of hydrogen-bond acceptors (Lipinski definition) is 14. The fraction of sp³-hybridized carbons (Fsp3) is 0.692. The summed E-state index contributed by atoms with van der Waals surface area (Å²) in [5.74, 6) is -4.67. The predicted octanol–water partition coefficient (Wildman–Crippen LogP) is 2.96. The van der Waals surface area contributed by atoms with Gasteiger partial charge in [-0.15, -0.1) is 11.3 Å². The Bertz CT molecular complexity index is 1260. The van der Waals surface area contributed by atoms with Gasteiger partial charge in [-0.3, -0.25) is 23.4 Å². The summed E-state index contributed by atoms with van der Waals surface area (Å²) in [5, 5.41) is 5.41. The van der Waals surface area contributed by atoms with Gasteiger partial charge in [0.25, 0.3) is 12.3 Å². The summed E-state index contributed by atoms with van der Waals surface area (Å²) in [6.07, 6.45) is 4.46. The zero-order valence-electron chi connectivity index (χ0n) is 24.8. The van der Waals surface area contributed by atoms with Crippen molar-refractivity contribution in [2.45, 2.75) is 91.9 Å². The molecule has 2 rings (SSSR count). The number of oxime groups is 1. The third-order valence-electron chi connectivity index (χ3n) is 6.45.